The van der Waals surface area contributed by atoms with Crippen LogP contribution in [0.4, 0.5) is 0 Å². The number of thiophene rings is 1. The maximum Gasteiger partial charge on any atom is 0.0702 e. The molecular weight excluding hydrogens is 294 g/mol. The second kappa shape index (κ2) is 5.80. The average molecular weight is 310 g/mol. The summed E-state index contributed by atoms with van der Waals surface area (Å²) < 4.78 is 1.18. The van der Waals surface area contributed by atoms with Gasteiger partial charge in [-0.2, -0.15) is 0 Å². The maximum absolute atomic E-state index is 3.54. The number of hydrogen-bond acceptors (Lipinski definition) is 2. The third-order valence-electron chi connectivity index (χ3n) is 2.70. The smallest absolute Gasteiger partial charge is 0.0702 e. The zero-order valence-electron chi connectivity index (χ0n) is 10.0. The molecule has 0 aliphatic carbocycles. The van der Waals surface area contributed by atoms with Crippen LogP contribution in [0, 0.1) is 6.92 Å². The monoisotopic (exact) mass is 309 g/mol. The van der Waals surface area contributed by atoms with E-state index in [1.807, 2.05) is 0 Å². The molecule has 0 fully saturated rings. The molecule has 1 aromatic heterocycles. The summed E-state index contributed by atoms with van der Waals surface area (Å²) >= 11 is 5.32. The second-order valence-corrected chi connectivity index (χ2v) is 6.54. The molecule has 90 valence electrons. The Labute approximate surface area is 115 Å². The van der Waals surface area contributed by atoms with Gasteiger partial charge in [0.15, 0.2) is 0 Å². The van der Waals surface area contributed by atoms with Gasteiger partial charge in [0.25, 0.3) is 0 Å². The molecule has 2 rings (SSSR count). The summed E-state index contributed by atoms with van der Waals surface area (Å²) in [5.41, 5.74) is 2.63. The normalized spacial score (nSPS) is 12.6. The SMILES string of the molecule is CCNC(c1ccc(C)cc1)c1ccc(Br)s1. The number of hydrogen-bond donors (Lipinski definition) is 1. The summed E-state index contributed by atoms with van der Waals surface area (Å²) in [5.74, 6) is 0. The molecule has 0 aliphatic heterocycles. The lowest BCUT2D eigenvalue weighted by molar-refractivity contribution is 0.639. The summed E-state index contributed by atoms with van der Waals surface area (Å²) in [6.45, 7) is 5.23. The van der Waals surface area contributed by atoms with Crippen molar-refractivity contribution < 1.29 is 0 Å². The van der Waals surface area contributed by atoms with Crippen LogP contribution in [0.3, 0.4) is 0 Å². The van der Waals surface area contributed by atoms with Crippen LogP contribution in [-0.4, -0.2) is 6.54 Å². The summed E-state index contributed by atoms with van der Waals surface area (Å²) in [6.07, 6.45) is 0. The van der Waals surface area contributed by atoms with Crippen molar-refractivity contribution in [2.45, 2.75) is 19.9 Å². The molecule has 3 heteroatoms. The Morgan fingerprint density at radius 2 is 1.88 bits per heavy atom. The van der Waals surface area contributed by atoms with Gasteiger partial charge in [0, 0.05) is 4.88 Å². The lowest BCUT2D eigenvalue weighted by Crippen LogP contribution is -2.20. The van der Waals surface area contributed by atoms with Gasteiger partial charge >= 0.3 is 0 Å². The molecule has 17 heavy (non-hydrogen) atoms. The zero-order valence-corrected chi connectivity index (χ0v) is 12.4. The predicted molar refractivity (Wildman–Crippen MR) is 78.7 cm³/mol. The van der Waals surface area contributed by atoms with Crippen LogP contribution in [0.15, 0.2) is 40.2 Å². The van der Waals surface area contributed by atoms with Crippen molar-refractivity contribution in [2.75, 3.05) is 6.54 Å². The minimum absolute atomic E-state index is 0.303. The van der Waals surface area contributed by atoms with Crippen molar-refractivity contribution in [3.05, 3.63) is 56.2 Å². The maximum atomic E-state index is 3.54. The van der Waals surface area contributed by atoms with Crippen molar-refractivity contribution in [1.82, 2.24) is 5.32 Å². The van der Waals surface area contributed by atoms with Gasteiger partial charge in [0.1, 0.15) is 0 Å². The van der Waals surface area contributed by atoms with E-state index in [2.05, 4.69) is 71.5 Å². The van der Waals surface area contributed by atoms with E-state index in [1.54, 1.807) is 11.3 Å². The van der Waals surface area contributed by atoms with Crippen molar-refractivity contribution in [2.24, 2.45) is 0 Å². The number of benzene rings is 1. The van der Waals surface area contributed by atoms with Gasteiger partial charge in [-0.25, -0.2) is 0 Å². The first kappa shape index (κ1) is 12.8. The minimum Gasteiger partial charge on any atom is -0.306 e. The van der Waals surface area contributed by atoms with Crippen LogP contribution in [0.2, 0.25) is 0 Å². The number of aryl methyl sites for hydroxylation is 1. The lowest BCUT2D eigenvalue weighted by Gasteiger charge is -2.17. The predicted octanol–water partition coefficient (Wildman–Crippen LogP) is 4.52. The molecule has 0 radical (unpaired) electrons. The highest BCUT2D eigenvalue weighted by Gasteiger charge is 2.14. The Balaban J connectivity index is 2.31. The van der Waals surface area contributed by atoms with Gasteiger partial charge in [0.2, 0.25) is 0 Å². The van der Waals surface area contributed by atoms with E-state index >= 15 is 0 Å². The van der Waals surface area contributed by atoms with E-state index in [4.69, 9.17) is 0 Å². The molecule has 0 aliphatic rings. The van der Waals surface area contributed by atoms with Gasteiger partial charge in [-0.15, -0.1) is 11.3 Å². The van der Waals surface area contributed by atoms with E-state index in [0.29, 0.717) is 6.04 Å². The molecule has 0 saturated heterocycles. The third-order valence-corrected chi connectivity index (χ3v) is 4.39. The number of rotatable bonds is 4. The minimum atomic E-state index is 0.303. The van der Waals surface area contributed by atoms with E-state index in [1.165, 1.54) is 19.8 Å². The summed E-state index contributed by atoms with van der Waals surface area (Å²) in [7, 11) is 0. The highest BCUT2D eigenvalue weighted by Crippen LogP contribution is 2.31. The first-order valence-corrected chi connectivity index (χ1v) is 7.37. The van der Waals surface area contributed by atoms with E-state index in [0.717, 1.165) is 6.54 Å². The second-order valence-electron chi connectivity index (χ2n) is 4.04. The fourth-order valence-electron chi connectivity index (χ4n) is 1.83. The van der Waals surface area contributed by atoms with Crippen LogP contribution in [0.1, 0.15) is 29.0 Å². The number of halogens is 1. The van der Waals surface area contributed by atoms with Crippen molar-refractivity contribution >= 4 is 27.3 Å². The molecule has 0 spiro atoms. The first-order chi connectivity index (χ1) is 8.20. The molecular formula is C14H16BrNS. The molecule has 1 unspecified atom stereocenters. The van der Waals surface area contributed by atoms with Crippen molar-refractivity contribution in [3.8, 4) is 0 Å². The molecule has 1 heterocycles. The van der Waals surface area contributed by atoms with Crippen LogP contribution in [0.5, 0.6) is 0 Å². The van der Waals surface area contributed by atoms with Gasteiger partial charge in [-0.1, -0.05) is 36.8 Å². The fourth-order valence-corrected chi connectivity index (χ4v) is 3.36. The van der Waals surface area contributed by atoms with Crippen LogP contribution in [-0.2, 0) is 0 Å². The fraction of sp³-hybridized carbons (Fsp3) is 0.286. The lowest BCUT2D eigenvalue weighted by atomic mass is 10.0. The largest absolute Gasteiger partial charge is 0.306 e. The Hall–Kier alpha value is -0.640. The molecule has 0 bridgehead atoms. The van der Waals surface area contributed by atoms with Crippen molar-refractivity contribution in [1.29, 1.82) is 0 Å². The average Bonchev–Trinajstić information content (AvgIpc) is 2.74. The Morgan fingerprint density at radius 3 is 2.41 bits per heavy atom. The molecule has 1 atom stereocenters. The summed E-state index contributed by atoms with van der Waals surface area (Å²) in [4.78, 5) is 1.35. The number of nitrogens with one attached hydrogen (secondary N) is 1. The van der Waals surface area contributed by atoms with E-state index < -0.39 is 0 Å². The van der Waals surface area contributed by atoms with Gasteiger partial charge in [0.05, 0.1) is 9.83 Å². The molecule has 0 amide bonds. The Kier molecular flexibility index (Phi) is 4.37. The van der Waals surface area contributed by atoms with Gasteiger partial charge in [-0.3, -0.25) is 0 Å². The Bertz CT molecular complexity index is 475. The van der Waals surface area contributed by atoms with E-state index in [9.17, 15) is 0 Å². The quantitative estimate of drug-likeness (QED) is 0.875. The Morgan fingerprint density at radius 1 is 1.18 bits per heavy atom. The van der Waals surface area contributed by atoms with Crippen molar-refractivity contribution in [3.63, 3.8) is 0 Å². The molecule has 1 aromatic carbocycles. The zero-order chi connectivity index (χ0) is 12.3. The van der Waals surface area contributed by atoms with Gasteiger partial charge in [-0.05, 0) is 47.1 Å². The topological polar surface area (TPSA) is 12.0 Å². The highest BCUT2D eigenvalue weighted by atomic mass is 79.9. The summed E-state index contributed by atoms with van der Waals surface area (Å²) in [5, 5.41) is 3.54. The van der Waals surface area contributed by atoms with Crippen LogP contribution >= 0.6 is 27.3 Å². The van der Waals surface area contributed by atoms with Crippen LogP contribution in [0.25, 0.3) is 0 Å². The summed E-state index contributed by atoms with van der Waals surface area (Å²) in [6, 6.07) is 13.3. The van der Waals surface area contributed by atoms with E-state index in [-0.39, 0.29) is 0 Å². The molecule has 1 nitrogen and oxygen atoms in total. The van der Waals surface area contributed by atoms with Crippen LogP contribution < -0.4 is 5.32 Å². The van der Waals surface area contributed by atoms with Gasteiger partial charge < -0.3 is 5.32 Å². The first-order valence-electron chi connectivity index (χ1n) is 5.76. The molecule has 1 N–H and O–H groups in total. The molecule has 0 saturated carbocycles. The highest BCUT2D eigenvalue weighted by molar-refractivity contribution is 9.11. The molecule has 2 aromatic rings. The third kappa shape index (κ3) is 3.18. The standard InChI is InChI=1S/C14H16BrNS/c1-3-16-14(12-8-9-13(15)17-12)11-6-4-10(2)5-7-11/h4-9,14,16H,3H2,1-2H3.